The number of esters is 1. The summed E-state index contributed by atoms with van der Waals surface area (Å²) in [7, 11) is 0. The van der Waals surface area contributed by atoms with Crippen molar-refractivity contribution in [2.24, 2.45) is 5.92 Å². The van der Waals surface area contributed by atoms with E-state index in [0.29, 0.717) is 11.3 Å². The molecule has 2 aromatic rings. The Morgan fingerprint density at radius 3 is 2.53 bits per heavy atom. The number of hydrogen-bond acceptors (Lipinski definition) is 4. The molecule has 2 atom stereocenters. The highest BCUT2D eigenvalue weighted by Crippen LogP contribution is 2.21. The molecule has 0 saturated carbocycles. The van der Waals surface area contributed by atoms with Gasteiger partial charge in [-0.1, -0.05) is 54.6 Å². The van der Waals surface area contributed by atoms with Crippen LogP contribution in [-0.4, -0.2) is 24.4 Å². The molecule has 0 aromatic heterocycles. The largest absolute Gasteiger partial charge is 0.456 e. The minimum Gasteiger partial charge on any atom is -0.456 e. The first-order valence-electron chi connectivity index (χ1n) is 10.1. The molecular weight excluding hydrogens is 380 g/mol. The average molecular weight is 406 g/mol. The number of hydrogen-bond donors (Lipinski definition) is 2. The number of carbonyl (C=O) groups excluding carboxylic acids is 3. The molecule has 30 heavy (non-hydrogen) atoms. The number of allylic oxidation sites excluding steroid dienone is 2. The zero-order valence-electron chi connectivity index (χ0n) is 17.0. The molecule has 0 fully saturated rings. The molecule has 156 valence electrons. The van der Waals surface area contributed by atoms with Crippen LogP contribution in [0.1, 0.15) is 48.1 Å². The summed E-state index contributed by atoms with van der Waals surface area (Å²) in [5.41, 5.74) is 1.70. The van der Waals surface area contributed by atoms with E-state index in [1.54, 1.807) is 24.3 Å². The molecule has 0 heterocycles. The summed E-state index contributed by atoms with van der Waals surface area (Å²) in [5.74, 6) is -0.991. The Bertz CT molecular complexity index is 924. The molecule has 0 aliphatic heterocycles. The number of rotatable bonds is 8. The van der Waals surface area contributed by atoms with Crippen molar-refractivity contribution in [3.05, 3.63) is 77.9 Å². The number of benzene rings is 2. The number of amides is 2. The number of ether oxygens (including phenoxy) is 1. The molecule has 0 unspecified atom stereocenters. The first-order chi connectivity index (χ1) is 14.5. The third-order valence-corrected chi connectivity index (χ3v) is 5.00. The Labute approximate surface area is 176 Å². The van der Waals surface area contributed by atoms with Crippen molar-refractivity contribution in [1.82, 2.24) is 5.32 Å². The first kappa shape index (κ1) is 21.3. The molecule has 0 saturated heterocycles. The number of para-hydroxylation sites is 1. The predicted molar refractivity (Wildman–Crippen MR) is 115 cm³/mol. The van der Waals surface area contributed by atoms with E-state index in [9.17, 15) is 14.4 Å². The minimum absolute atomic E-state index is 0.187. The van der Waals surface area contributed by atoms with E-state index in [1.165, 1.54) is 0 Å². The van der Waals surface area contributed by atoms with E-state index in [4.69, 9.17) is 4.74 Å². The van der Waals surface area contributed by atoms with Crippen LogP contribution >= 0.6 is 0 Å². The van der Waals surface area contributed by atoms with E-state index in [-0.39, 0.29) is 30.9 Å². The fourth-order valence-corrected chi connectivity index (χ4v) is 3.36. The van der Waals surface area contributed by atoms with E-state index in [2.05, 4.69) is 10.6 Å². The first-order valence-corrected chi connectivity index (χ1v) is 10.1. The highest BCUT2D eigenvalue weighted by Gasteiger charge is 2.18. The number of anilines is 1. The van der Waals surface area contributed by atoms with Crippen LogP contribution in [0, 0.1) is 5.92 Å². The zero-order chi connectivity index (χ0) is 21.3. The fourth-order valence-electron chi connectivity index (χ4n) is 3.36. The van der Waals surface area contributed by atoms with Gasteiger partial charge < -0.3 is 15.4 Å². The molecule has 2 aromatic carbocycles. The van der Waals surface area contributed by atoms with Crippen molar-refractivity contribution in [3.8, 4) is 0 Å². The topological polar surface area (TPSA) is 84.5 Å². The number of carbonyl (C=O) groups is 3. The summed E-state index contributed by atoms with van der Waals surface area (Å²) >= 11 is 0. The molecule has 6 heteroatoms. The third kappa shape index (κ3) is 6.04. The molecule has 1 aliphatic carbocycles. The summed E-state index contributed by atoms with van der Waals surface area (Å²) in [5, 5.41) is 5.60. The molecular formula is C24H26N2O4. The fraction of sp³-hybridized carbons (Fsp3) is 0.292. The van der Waals surface area contributed by atoms with Crippen molar-refractivity contribution < 1.29 is 19.1 Å². The van der Waals surface area contributed by atoms with E-state index >= 15 is 0 Å². The Balaban J connectivity index is 1.55. The lowest BCUT2D eigenvalue weighted by molar-refractivity contribution is -0.147. The van der Waals surface area contributed by atoms with Gasteiger partial charge in [0.15, 0.2) is 6.61 Å². The van der Waals surface area contributed by atoms with E-state index < -0.39 is 11.9 Å². The van der Waals surface area contributed by atoms with Crippen molar-refractivity contribution in [2.75, 3.05) is 11.9 Å². The molecule has 3 rings (SSSR count). The maximum Gasteiger partial charge on any atom is 0.306 e. The van der Waals surface area contributed by atoms with E-state index in [0.717, 1.165) is 18.4 Å². The van der Waals surface area contributed by atoms with Crippen molar-refractivity contribution in [1.29, 1.82) is 0 Å². The van der Waals surface area contributed by atoms with Gasteiger partial charge in [0.05, 0.1) is 23.7 Å². The van der Waals surface area contributed by atoms with Crippen LogP contribution in [0.25, 0.3) is 0 Å². The summed E-state index contributed by atoms with van der Waals surface area (Å²) in [4.78, 5) is 36.9. The van der Waals surface area contributed by atoms with E-state index in [1.807, 2.05) is 49.4 Å². The summed E-state index contributed by atoms with van der Waals surface area (Å²) in [6.07, 6.45) is 6.24. The molecule has 6 nitrogen and oxygen atoms in total. The van der Waals surface area contributed by atoms with Crippen LogP contribution in [0.4, 0.5) is 5.69 Å². The summed E-state index contributed by atoms with van der Waals surface area (Å²) in [6, 6.07) is 16.2. The van der Waals surface area contributed by atoms with Crippen LogP contribution in [0.5, 0.6) is 0 Å². The number of nitrogens with one attached hydrogen (secondary N) is 2. The lowest BCUT2D eigenvalue weighted by Gasteiger charge is -2.16. The monoisotopic (exact) mass is 406 g/mol. The average Bonchev–Trinajstić information content (AvgIpc) is 3.26. The maximum absolute atomic E-state index is 12.7. The van der Waals surface area contributed by atoms with Gasteiger partial charge in [-0.2, -0.15) is 0 Å². The Morgan fingerprint density at radius 1 is 1.07 bits per heavy atom. The van der Waals surface area contributed by atoms with Gasteiger partial charge >= 0.3 is 5.97 Å². The smallest absolute Gasteiger partial charge is 0.306 e. The van der Waals surface area contributed by atoms with Gasteiger partial charge in [0.1, 0.15) is 0 Å². The van der Waals surface area contributed by atoms with Crippen molar-refractivity contribution >= 4 is 23.5 Å². The molecule has 0 bridgehead atoms. The third-order valence-electron chi connectivity index (χ3n) is 5.00. The minimum atomic E-state index is -0.485. The van der Waals surface area contributed by atoms with Crippen LogP contribution in [0.2, 0.25) is 0 Å². The second-order valence-electron chi connectivity index (χ2n) is 7.33. The Kier molecular flexibility index (Phi) is 7.38. The predicted octanol–water partition coefficient (Wildman–Crippen LogP) is 4.02. The van der Waals surface area contributed by atoms with Crippen LogP contribution in [0.3, 0.4) is 0 Å². The van der Waals surface area contributed by atoms with Gasteiger partial charge in [-0.25, -0.2) is 0 Å². The summed E-state index contributed by atoms with van der Waals surface area (Å²) < 4.78 is 5.08. The lowest BCUT2D eigenvalue weighted by atomic mass is 10.1. The van der Waals surface area contributed by atoms with Gasteiger partial charge in [-0.05, 0) is 43.4 Å². The van der Waals surface area contributed by atoms with Gasteiger partial charge in [-0.3, -0.25) is 14.4 Å². The molecule has 1 aliphatic rings. The summed E-state index contributed by atoms with van der Waals surface area (Å²) in [6.45, 7) is 1.51. The quantitative estimate of drug-likeness (QED) is 0.512. The second-order valence-corrected chi connectivity index (χ2v) is 7.33. The maximum atomic E-state index is 12.7. The molecule has 0 spiro atoms. The molecule has 2 N–H and O–H groups in total. The van der Waals surface area contributed by atoms with Gasteiger partial charge in [0, 0.05) is 0 Å². The lowest BCUT2D eigenvalue weighted by Crippen LogP contribution is -2.28. The second kappa shape index (κ2) is 10.4. The van der Waals surface area contributed by atoms with Gasteiger partial charge in [-0.15, -0.1) is 0 Å². The van der Waals surface area contributed by atoms with Crippen LogP contribution in [-0.2, 0) is 14.3 Å². The van der Waals surface area contributed by atoms with Gasteiger partial charge in [0.2, 0.25) is 0 Å². The zero-order valence-corrected chi connectivity index (χ0v) is 17.0. The van der Waals surface area contributed by atoms with Crippen LogP contribution in [0.15, 0.2) is 66.7 Å². The normalized spacial score (nSPS) is 16.0. The SMILES string of the molecule is C[C@H](NC(=O)c1ccccc1NC(=O)COC(=O)C[C@H]1C=CCC1)c1ccccc1. The Hall–Kier alpha value is -3.41. The highest BCUT2D eigenvalue weighted by atomic mass is 16.5. The van der Waals surface area contributed by atoms with Crippen molar-refractivity contribution in [3.63, 3.8) is 0 Å². The molecule has 0 radical (unpaired) electrons. The van der Waals surface area contributed by atoms with Crippen LogP contribution < -0.4 is 10.6 Å². The highest BCUT2D eigenvalue weighted by molar-refractivity contribution is 6.04. The molecule has 2 amide bonds. The standard InChI is InChI=1S/C24H26N2O4/c1-17(19-11-3-2-4-12-19)25-24(29)20-13-7-8-14-21(20)26-22(27)16-30-23(28)15-18-9-5-6-10-18/h2-5,7-9,11-14,17-18H,6,10,15-16H2,1H3,(H,25,29)(H,26,27)/t17-,18-/m0/s1. The van der Waals surface area contributed by atoms with Crippen molar-refractivity contribution in [2.45, 2.75) is 32.2 Å². The van der Waals surface area contributed by atoms with Gasteiger partial charge in [0.25, 0.3) is 11.8 Å². The Morgan fingerprint density at radius 2 is 1.80 bits per heavy atom.